The number of hydrogen-bond acceptors (Lipinski definition) is 4. The van der Waals surface area contributed by atoms with Crippen molar-refractivity contribution in [2.45, 2.75) is 26.0 Å². The molecular weight excluding hydrogens is 208 g/mol. The number of amides is 1. The summed E-state index contributed by atoms with van der Waals surface area (Å²) < 4.78 is 5.41. The van der Waals surface area contributed by atoms with Gasteiger partial charge in [0.15, 0.2) is 0 Å². The number of aliphatic hydroxyl groups is 1. The molecule has 1 heterocycles. The minimum absolute atomic E-state index is 0.0340. The highest BCUT2D eigenvalue weighted by atomic mass is 16.5. The van der Waals surface area contributed by atoms with E-state index in [1.54, 1.807) is 0 Å². The second-order valence-electron chi connectivity index (χ2n) is 4.58. The number of aliphatic hydroxyl groups excluding tert-OH is 1. The van der Waals surface area contributed by atoms with Crippen LogP contribution in [0.3, 0.4) is 0 Å². The number of morpholine rings is 1. The summed E-state index contributed by atoms with van der Waals surface area (Å²) >= 11 is 0. The van der Waals surface area contributed by atoms with Crippen LogP contribution in [0.15, 0.2) is 0 Å². The van der Waals surface area contributed by atoms with Crippen molar-refractivity contribution in [1.29, 1.82) is 0 Å². The van der Waals surface area contributed by atoms with Crippen LogP contribution in [-0.4, -0.2) is 61.4 Å². The fourth-order valence-corrected chi connectivity index (χ4v) is 1.55. The van der Waals surface area contributed by atoms with Gasteiger partial charge in [0.1, 0.15) is 6.10 Å². The van der Waals surface area contributed by atoms with E-state index in [-0.39, 0.29) is 30.6 Å². The Kier molecular flexibility index (Phi) is 5.18. The molecule has 2 N–H and O–H groups in total. The SMILES string of the molecule is CC(CO)C(C)NC(=O)C1CN(C)CCO1. The highest BCUT2D eigenvalue weighted by Gasteiger charge is 2.26. The molecule has 0 aliphatic carbocycles. The van der Waals surface area contributed by atoms with E-state index in [4.69, 9.17) is 9.84 Å². The third-order valence-electron chi connectivity index (χ3n) is 3.07. The molecule has 3 atom stereocenters. The number of ether oxygens (including phenoxy) is 1. The molecule has 5 heteroatoms. The van der Waals surface area contributed by atoms with Crippen LogP contribution in [0.2, 0.25) is 0 Å². The highest BCUT2D eigenvalue weighted by Crippen LogP contribution is 2.06. The van der Waals surface area contributed by atoms with Crippen molar-refractivity contribution in [3.05, 3.63) is 0 Å². The zero-order chi connectivity index (χ0) is 12.1. The first-order chi connectivity index (χ1) is 7.54. The van der Waals surface area contributed by atoms with Gasteiger partial charge in [-0.2, -0.15) is 0 Å². The van der Waals surface area contributed by atoms with Gasteiger partial charge in [0.2, 0.25) is 0 Å². The Morgan fingerprint density at radius 3 is 2.88 bits per heavy atom. The van der Waals surface area contributed by atoms with Crippen LogP contribution in [0.4, 0.5) is 0 Å². The van der Waals surface area contributed by atoms with Gasteiger partial charge in [-0.1, -0.05) is 6.92 Å². The summed E-state index contributed by atoms with van der Waals surface area (Å²) in [5, 5.41) is 11.8. The summed E-state index contributed by atoms with van der Waals surface area (Å²) in [6.07, 6.45) is -0.382. The second-order valence-corrected chi connectivity index (χ2v) is 4.58. The van der Waals surface area contributed by atoms with Gasteiger partial charge in [-0.25, -0.2) is 0 Å². The van der Waals surface area contributed by atoms with Crippen LogP contribution in [0.5, 0.6) is 0 Å². The van der Waals surface area contributed by atoms with Crippen LogP contribution < -0.4 is 5.32 Å². The van der Waals surface area contributed by atoms with E-state index in [1.807, 2.05) is 20.9 Å². The molecule has 16 heavy (non-hydrogen) atoms. The molecule has 0 spiro atoms. The van der Waals surface area contributed by atoms with Crippen molar-refractivity contribution in [3.63, 3.8) is 0 Å². The Hall–Kier alpha value is -0.650. The van der Waals surface area contributed by atoms with Crippen molar-refractivity contribution in [2.75, 3.05) is 33.4 Å². The van der Waals surface area contributed by atoms with Gasteiger partial charge in [-0.05, 0) is 19.9 Å². The molecule has 94 valence electrons. The predicted molar refractivity (Wildman–Crippen MR) is 61.1 cm³/mol. The maximum atomic E-state index is 11.8. The number of carbonyl (C=O) groups is 1. The number of nitrogens with zero attached hydrogens (tertiary/aromatic N) is 1. The molecule has 1 aliphatic rings. The number of hydrogen-bond donors (Lipinski definition) is 2. The Bertz CT molecular complexity index is 235. The maximum absolute atomic E-state index is 11.8. The summed E-state index contributed by atoms with van der Waals surface area (Å²) in [6, 6.07) is -0.0340. The third kappa shape index (κ3) is 3.73. The van der Waals surface area contributed by atoms with Crippen LogP contribution in [0.25, 0.3) is 0 Å². The van der Waals surface area contributed by atoms with E-state index >= 15 is 0 Å². The number of likely N-dealkylation sites (N-methyl/N-ethyl adjacent to an activating group) is 1. The zero-order valence-electron chi connectivity index (χ0n) is 10.3. The number of nitrogens with one attached hydrogen (secondary N) is 1. The Labute approximate surface area is 96.8 Å². The predicted octanol–water partition coefficient (Wildman–Crippen LogP) is -0.550. The normalized spacial score (nSPS) is 26.1. The zero-order valence-corrected chi connectivity index (χ0v) is 10.3. The second kappa shape index (κ2) is 6.18. The molecule has 0 radical (unpaired) electrons. The topological polar surface area (TPSA) is 61.8 Å². The molecule has 0 bridgehead atoms. The summed E-state index contributed by atoms with van der Waals surface area (Å²) in [7, 11) is 1.97. The van der Waals surface area contributed by atoms with Gasteiger partial charge in [-0.15, -0.1) is 0 Å². The van der Waals surface area contributed by atoms with Crippen molar-refractivity contribution >= 4 is 5.91 Å². The molecule has 3 unspecified atom stereocenters. The van der Waals surface area contributed by atoms with E-state index in [0.29, 0.717) is 13.2 Å². The van der Waals surface area contributed by atoms with Gasteiger partial charge in [-0.3, -0.25) is 4.79 Å². The van der Waals surface area contributed by atoms with Crippen LogP contribution in [-0.2, 0) is 9.53 Å². The first-order valence-corrected chi connectivity index (χ1v) is 5.76. The lowest BCUT2D eigenvalue weighted by Gasteiger charge is -2.30. The Morgan fingerprint density at radius 1 is 1.62 bits per heavy atom. The lowest BCUT2D eigenvalue weighted by molar-refractivity contribution is -0.138. The Morgan fingerprint density at radius 2 is 2.31 bits per heavy atom. The summed E-state index contributed by atoms with van der Waals surface area (Å²) in [4.78, 5) is 13.9. The molecule has 5 nitrogen and oxygen atoms in total. The quantitative estimate of drug-likeness (QED) is 0.680. The molecule has 0 aromatic rings. The standard InChI is InChI=1S/C11H22N2O3/c1-8(7-14)9(2)12-11(15)10-6-13(3)4-5-16-10/h8-10,14H,4-7H2,1-3H3,(H,12,15). The molecule has 0 aromatic carbocycles. The molecule has 0 saturated carbocycles. The van der Waals surface area contributed by atoms with Crippen LogP contribution >= 0.6 is 0 Å². The number of rotatable bonds is 4. The molecule has 0 aromatic heterocycles. The minimum Gasteiger partial charge on any atom is -0.396 e. The molecule has 1 rings (SSSR count). The monoisotopic (exact) mass is 230 g/mol. The van der Waals surface area contributed by atoms with E-state index < -0.39 is 0 Å². The molecule has 1 fully saturated rings. The van der Waals surface area contributed by atoms with E-state index in [1.165, 1.54) is 0 Å². The summed E-state index contributed by atoms with van der Waals surface area (Å²) in [6.45, 7) is 5.97. The van der Waals surface area contributed by atoms with Crippen LogP contribution in [0.1, 0.15) is 13.8 Å². The van der Waals surface area contributed by atoms with Gasteiger partial charge in [0.25, 0.3) is 5.91 Å². The van der Waals surface area contributed by atoms with Crippen molar-refractivity contribution < 1.29 is 14.6 Å². The average molecular weight is 230 g/mol. The van der Waals surface area contributed by atoms with E-state index in [9.17, 15) is 4.79 Å². The highest BCUT2D eigenvalue weighted by molar-refractivity contribution is 5.81. The first-order valence-electron chi connectivity index (χ1n) is 5.76. The Balaban J connectivity index is 2.39. The molecule has 1 aliphatic heterocycles. The van der Waals surface area contributed by atoms with E-state index in [2.05, 4.69) is 10.2 Å². The largest absolute Gasteiger partial charge is 0.396 e. The van der Waals surface area contributed by atoms with Crippen LogP contribution in [0, 0.1) is 5.92 Å². The summed E-state index contributed by atoms with van der Waals surface area (Å²) in [5.41, 5.74) is 0. The van der Waals surface area contributed by atoms with Gasteiger partial charge < -0.3 is 20.1 Å². The number of carbonyl (C=O) groups excluding carboxylic acids is 1. The molecular formula is C11H22N2O3. The molecule has 1 amide bonds. The lowest BCUT2D eigenvalue weighted by Crippen LogP contribution is -2.51. The van der Waals surface area contributed by atoms with Crippen molar-refractivity contribution in [3.8, 4) is 0 Å². The van der Waals surface area contributed by atoms with Gasteiger partial charge in [0.05, 0.1) is 6.61 Å². The third-order valence-corrected chi connectivity index (χ3v) is 3.07. The van der Waals surface area contributed by atoms with Crippen molar-refractivity contribution in [1.82, 2.24) is 10.2 Å². The smallest absolute Gasteiger partial charge is 0.250 e. The average Bonchev–Trinajstić information content (AvgIpc) is 2.27. The van der Waals surface area contributed by atoms with Gasteiger partial charge >= 0.3 is 0 Å². The summed E-state index contributed by atoms with van der Waals surface area (Å²) in [5.74, 6) is -0.0235. The minimum atomic E-state index is -0.382. The maximum Gasteiger partial charge on any atom is 0.250 e. The molecule has 1 saturated heterocycles. The van der Waals surface area contributed by atoms with Crippen molar-refractivity contribution in [2.24, 2.45) is 5.92 Å². The fourth-order valence-electron chi connectivity index (χ4n) is 1.55. The lowest BCUT2D eigenvalue weighted by atomic mass is 10.0. The fraction of sp³-hybridized carbons (Fsp3) is 0.909. The van der Waals surface area contributed by atoms with E-state index in [0.717, 1.165) is 6.54 Å². The van der Waals surface area contributed by atoms with Gasteiger partial charge in [0, 0.05) is 25.7 Å². The first kappa shape index (κ1) is 13.4.